The fraction of sp³-hybridized carbons (Fsp3) is 0.0476. The number of amides is 1. The predicted molar refractivity (Wildman–Crippen MR) is 116 cm³/mol. The lowest BCUT2D eigenvalue weighted by Gasteiger charge is -2.12. The SMILES string of the molecule is CN(C=O)c1cc(Oc2ccc3nc(Nc4ccc(Br)cc4)ncc3c2)ccn1. The highest BCUT2D eigenvalue weighted by atomic mass is 79.9. The van der Waals surface area contributed by atoms with Crippen LogP contribution in [0.1, 0.15) is 0 Å². The molecule has 0 saturated carbocycles. The average Bonchev–Trinajstić information content (AvgIpc) is 2.75. The normalized spacial score (nSPS) is 10.6. The molecular formula is C21H16BrN5O2. The first-order valence-corrected chi connectivity index (χ1v) is 9.51. The highest BCUT2D eigenvalue weighted by molar-refractivity contribution is 9.10. The van der Waals surface area contributed by atoms with Crippen LogP contribution in [0.5, 0.6) is 11.5 Å². The van der Waals surface area contributed by atoms with Gasteiger partial charge in [0.2, 0.25) is 12.4 Å². The molecule has 1 N–H and O–H groups in total. The molecule has 0 fully saturated rings. The predicted octanol–water partition coefficient (Wildman–Crippen LogP) is 4.92. The molecule has 2 aromatic heterocycles. The Morgan fingerprint density at radius 2 is 1.83 bits per heavy atom. The van der Waals surface area contributed by atoms with E-state index in [0.717, 1.165) is 21.1 Å². The number of carbonyl (C=O) groups excluding carboxylic acids is 1. The highest BCUT2D eigenvalue weighted by Gasteiger charge is 2.06. The second-order valence-corrected chi connectivity index (χ2v) is 7.13. The van der Waals surface area contributed by atoms with Crippen LogP contribution in [0.15, 0.2) is 71.5 Å². The molecule has 0 aliphatic rings. The van der Waals surface area contributed by atoms with Crippen LogP contribution in [0.4, 0.5) is 17.5 Å². The Labute approximate surface area is 175 Å². The van der Waals surface area contributed by atoms with Gasteiger partial charge in [-0.2, -0.15) is 0 Å². The number of pyridine rings is 1. The summed E-state index contributed by atoms with van der Waals surface area (Å²) < 4.78 is 6.91. The number of anilines is 3. The summed E-state index contributed by atoms with van der Waals surface area (Å²) in [4.78, 5) is 25.3. The number of hydrogen-bond acceptors (Lipinski definition) is 6. The highest BCUT2D eigenvalue weighted by Crippen LogP contribution is 2.27. The van der Waals surface area contributed by atoms with Crippen molar-refractivity contribution < 1.29 is 9.53 Å². The molecule has 29 heavy (non-hydrogen) atoms. The lowest BCUT2D eigenvalue weighted by molar-refractivity contribution is -0.107. The van der Waals surface area contributed by atoms with Gasteiger partial charge in [-0.05, 0) is 48.5 Å². The number of rotatable bonds is 6. The van der Waals surface area contributed by atoms with Crippen LogP contribution in [0.3, 0.4) is 0 Å². The summed E-state index contributed by atoms with van der Waals surface area (Å²) >= 11 is 3.42. The van der Waals surface area contributed by atoms with Gasteiger partial charge in [0, 0.05) is 41.1 Å². The van der Waals surface area contributed by atoms with Crippen molar-refractivity contribution in [1.82, 2.24) is 15.0 Å². The Bertz CT molecular complexity index is 1170. The van der Waals surface area contributed by atoms with Gasteiger partial charge >= 0.3 is 0 Å². The first-order chi connectivity index (χ1) is 14.1. The van der Waals surface area contributed by atoms with Gasteiger partial charge in [-0.1, -0.05) is 15.9 Å². The lowest BCUT2D eigenvalue weighted by atomic mass is 10.2. The molecule has 0 unspecified atom stereocenters. The van der Waals surface area contributed by atoms with Gasteiger partial charge in [-0.25, -0.2) is 15.0 Å². The maximum absolute atomic E-state index is 10.9. The Morgan fingerprint density at radius 1 is 1.03 bits per heavy atom. The minimum absolute atomic E-state index is 0.505. The third-order valence-electron chi connectivity index (χ3n) is 4.12. The summed E-state index contributed by atoms with van der Waals surface area (Å²) in [5.74, 6) is 2.24. The summed E-state index contributed by atoms with van der Waals surface area (Å²) in [5.41, 5.74) is 1.70. The van der Waals surface area contributed by atoms with Gasteiger partial charge < -0.3 is 15.0 Å². The van der Waals surface area contributed by atoms with Crippen molar-refractivity contribution >= 4 is 50.7 Å². The zero-order valence-electron chi connectivity index (χ0n) is 15.4. The number of aromatic nitrogens is 3. The van der Waals surface area contributed by atoms with Crippen molar-refractivity contribution in [2.75, 3.05) is 17.3 Å². The van der Waals surface area contributed by atoms with Crippen molar-refractivity contribution in [3.05, 3.63) is 71.5 Å². The Hall–Kier alpha value is -3.52. The molecule has 7 nitrogen and oxygen atoms in total. The quantitative estimate of drug-likeness (QED) is 0.421. The lowest BCUT2D eigenvalue weighted by Crippen LogP contribution is -2.14. The molecule has 0 atom stereocenters. The van der Waals surface area contributed by atoms with Crippen LogP contribution in [0.25, 0.3) is 10.9 Å². The number of benzene rings is 2. The van der Waals surface area contributed by atoms with Crippen molar-refractivity contribution in [1.29, 1.82) is 0 Å². The standard InChI is InChI=1S/C21H16BrN5O2/c1-27(13-28)20-11-18(8-9-23-20)29-17-6-7-19-14(10-17)12-24-21(26-19)25-16-4-2-15(22)3-5-16/h2-13H,1H3,(H,24,25,26). The molecule has 8 heteroatoms. The molecular weight excluding hydrogens is 434 g/mol. The second kappa shape index (κ2) is 8.24. The maximum atomic E-state index is 10.9. The van der Waals surface area contributed by atoms with E-state index in [-0.39, 0.29) is 0 Å². The fourth-order valence-electron chi connectivity index (χ4n) is 2.64. The molecule has 0 bridgehead atoms. The number of carbonyl (C=O) groups is 1. The smallest absolute Gasteiger partial charge is 0.227 e. The van der Waals surface area contributed by atoms with Crippen LogP contribution < -0.4 is 15.0 Å². The first kappa shape index (κ1) is 18.8. The zero-order valence-corrected chi connectivity index (χ0v) is 17.0. The van der Waals surface area contributed by atoms with Crippen LogP contribution in [0, 0.1) is 0 Å². The fourth-order valence-corrected chi connectivity index (χ4v) is 2.91. The van der Waals surface area contributed by atoms with Gasteiger partial charge in [0.05, 0.1) is 5.52 Å². The number of ether oxygens (including phenoxy) is 1. The van der Waals surface area contributed by atoms with Crippen molar-refractivity contribution in [3.63, 3.8) is 0 Å². The summed E-state index contributed by atoms with van der Waals surface area (Å²) in [7, 11) is 1.63. The van der Waals surface area contributed by atoms with E-state index in [9.17, 15) is 4.79 Å². The summed E-state index contributed by atoms with van der Waals surface area (Å²) in [6, 6.07) is 16.8. The van der Waals surface area contributed by atoms with Gasteiger partial charge in [-0.15, -0.1) is 0 Å². The largest absolute Gasteiger partial charge is 0.457 e. The summed E-state index contributed by atoms with van der Waals surface area (Å²) in [5, 5.41) is 4.04. The molecule has 0 aliphatic carbocycles. The Kier molecular flexibility index (Phi) is 5.35. The molecule has 0 spiro atoms. The maximum Gasteiger partial charge on any atom is 0.227 e. The third kappa shape index (κ3) is 4.49. The summed E-state index contributed by atoms with van der Waals surface area (Å²) in [6.07, 6.45) is 4.03. The molecule has 2 heterocycles. The van der Waals surface area contributed by atoms with Gasteiger partial charge in [-0.3, -0.25) is 4.79 Å². The van der Waals surface area contributed by atoms with E-state index in [1.54, 1.807) is 31.6 Å². The summed E-state index contributed by atoms with van der Waals surface area (Å²) in [6.45, 7) is 0. The molecule has 0 saturated heterocycles. The number of halogens is 1. The first-order valence-electron chi connectivity index (χ1n) is 8.72. The number of nitrogens with zero attached hydrogens (tertiary/aromatic N) is 4. The Morgan fingerprint density at radius 3 is 2.62 bits per heavy atom. The average molecular weight is 450 g/mol. The minimum Gasteiger partial charge on any atom is -0.457 e. The second-order valence-electron chi connectivity index (χ2n) is 6.21. The van der Waals surface area contributed by atoms with E-state index in [4.69, 9.17) is 4.74 Å². The van der Waals surface area contributed by atoms with Crippen LogP contribution in [-0.4, -0.2) is 28.4 Å². The molecule has 1 amide bonds. The van der Waals surface area contributed by atoms with E-state index in [1.807, 2.05) is 42.5 Å². The van der Waals surface area contributed by atoms with Crippen molar-refractivity contribution in [2.24, 2.45) is 0 Å². The van der Waals surface area contributed by atoms with Crippen molar-refractivity contribution in [3.8, 4) is 11.5 Å². The molecule has 2 aromatic carbocycles. The van der Waals surface area contributed by atoms with E-state index in [1.165, 1.54) is 4.90 Å². The third-order valence-corrected chi connectivity index (χ3v) is 4.65. The van der Waals surface area contributed by atoms with Crippen molar-refractivity contribution in [2.45, 2.75) is 0 Å². The zero-order chi connectivity index (χ0) is 20.2. The monoisotopic (exact) mass is 449 g/mol. The van der Waals surface area contributed by atoms with E-state index in [2.05, 4.69) is 36.2 Å². The molecule has 4 aromatic rings. The van der Waals surface area contributed by atoms with E-state index >= 15 is 0 Å². The van der Waals surface area contributed by atoms with Crippen LogP contribution >= 0.6 is 15.9 Å². The van der Waals surface area contributed by atoms with Gasteiger partial charge in [0.25, 0.3) is 0 Å². The van der Waals surface area contributed by atoms with Crippen LogP contribution in [0.2, 0.25) is 0 Å². The number of nitrogens with one attached hydrogen (secondary N) is 1. The van der Waals surface area contributed by atoms with Gasteiger partial charge in [0.1, 0.15) is 17.3 Å². The molecule has 0 radical (unpaired) electrons. The van der Waals surface area contributed by atoms with Crippen LogP contribution in [-0.2, 0) is 4.79 Å². The van der Waals surface area contributed by atoms with Gasteiger partial charge in [0.15, 0.2) is 0 Å². The molecule has 4 rings (SSSR count). The molecule has 0 aliphatic heterocycles. The van der Waals surface area contributed by atoms with E-state index in [0.29, 0.717) is 29.7 Å². The minimum atomic E-state index is 0.505. The number of hydrogen-bond donors (Lipinski definition) is 1. The molecule has 144 valence electrons. The number of fused-ring (bicyclic) bond motifs is 1. The van der Waals surface area contributed by atoms with E-state index < -0.39 is 0 Å². The Balaban J connectivity index is 1.54. The topological polar surface area (TPSA) is 80.2 Å².